The molecule has 1 aromatic carbocycles. The van der Waals surface area contributed by atoms with Crippen LogP contribution in [-0.2, 0) is 16.0 Å². The summed E-state index contributed by atoms with van der Waals surface area (Å²) in [6.07, 6.45) is -0.00191. The fraction of sp³-hybridized carbons (Fsp3) is 0.500. The maximum absolute atomic E-state index is 12.1. The maximum Gasteiger partial charge on any atom is 0.451 e. The number of phenols is 1. The third kappa shape index (κ3) is 5.92. The van der Waals surface area contributed by atoms with Crippen molar-refractivity contribution in [1.82, 2.24) is 4.90 Å². The molecule has 1 aliphatic heterocycles. The van der Waals surface area contributed by atoms with Gasteiger partial charge in [-0.25, -0.2) is 4.79 Å². The van der Waals surface area contributed by atoms with E-state index in [9.17, 15) is 24.6 Å². The van der Waals surface area contributed by atoms with Crippen LogP contribution in [0.1, 0.15) is 35.7 Å². The lowest BCUT2D eigenvalue weighted by molar-refractivity contribution is -0.140. The van der Waals surface area contributed by atoms with E-state index in [0.29, 0.717) is 0 Å². The predicted molar refractivity (Wildman–Crippen MR) is 103 cm³/mol. The summed E-state index contributed by atoms with van der Waals surface area (Å²) < 4.78 is 5.64. The Hall–Kier alpha value is -2.63. The summed E-state index contributed by atoms with van der Waals surface area (Å²) in [6, 6.07) is 2.20. The first kappa shape index (κ1) is 22.7. The number of carboxylic acid groups (broad SMARTS) is 1. The number of aromatic carboxylic acids is 1. The monoisotopic (exact) mass is 408 g/mol. The van der Waals surface area contributed by atoms with Crippen molar-refractivity contribution in [1.29, 1.82) is 0 Å². The average Bonchev–Trinajstić information content (AvgIpc) is 2.60. The first-order valence-corrected chi connectivity index (χ1v) is 9.24. The van der Waals surface area contributed by atoms with Crippen LogP contribution in [0, 0.1) is 0 Å². The molecule has 0 aromatic heterocycles. The Kier molecular flexibility index (Phi) is 7.60. The summed E-state index contributed by atoms with van der Waals surface area (Å²) in [6.45, 7) is 1.88. The number of aryl methyl sites for hydroxylation is 1. The van der Waals surface area contributed by atoms with Crippen molar-refractivity contribution in [3.8, 4) is 11.5 Å². The van der Waals surface area contributed by atoms with E-state index in [0.717, 1.165) is 0 Å². The van der Waals surface area contributed by atoms with Crippen LogP contribution in [0.2, 0.25) is 6.32 Å². The number of rotatable bonds is 10. The molecule has 0 spiro atoms. The topological polar surface area (TPSA) is 171 Å². The molecule has 0 aliphatic carbocycles. The molecule has 1 saturated heterocycles. The summed E-state index contributed by atoms with van der Waals surface area (Å²) in [5, 5.41) is 37.5. The molecular weight excluding hydrogens is 383 g/mol. The van der Waals surface area contributed by atoms with E-state index in [4.69, 9.17) is 20.5 Å². The second-order valence-corrected chi connectivity index (χ2v) is 7.07. The highest BCUT2D eigenvalue weighted by Gasteiger charge is 2.33. The molecule has 1 heterocycles. The highest BCUT2D eigenvalue weighted by atomic mass is 16.5. The summed E-state index contributed by atoms with van der Waals surface area (Å²) in [7, 11) is -1.57. The van der Waals surface area contributed by atoms with Gasteiger partial charge in [0.1, 0.15) is 28.9 Å². The van der Waals surface area contributed by atoms with Crippen molar-refractivity contribution in [3.05, 3.63) is 23.3 Å². The van der Waals surface area contributed by atoms with Gasteiger partial charge >= 0.3 is 13.1 Å². The van der Waals surface area contributed by atoms with Crippen molar-refractivity contribution in [2.24, 2.45) is 5.73 Å². The molecule has 1 fully saturated rings. The molecule has 1 atom stereocenters. The minimum atomic E-state index is -1.57. The van der Waals surface area contributed by atoms with Crippen LogP contribution >= 0.6 is 0 Å². The maximum atomic E-state index is 12.1. The number of carbonyl (C=O) groups is 3. The van der Waals surface area contributed by atoms with Crippen LogP contribution < -0.4 is 10.5 Å². The number of hydrogen-bond acceptors (Lipinski definition) is 8. The van der Waals surface area contributed by atoms with E-state index in [1.807, 2.05) is 0 Å². The van der Waals surface area contributed by atoms with Crippen molar-refractivity contribution >= 4 is 24.8 Å². The summed E-state index contributed by atoms with van der Waals surface area (Å²) in [5.41, 5.74) is 5.46. The lowest BCUT2D eigenvalue weighted by Crippen LogP contribution is -2.56. The Morgan fingerprint density at radius 3 is 2.52 bits per heavy atom. The molecule has 1 amide bonds. The normalized spacial score (nSPS) is 14.8. The zero-order chi connectivity index (χ0) is 21.7. The van der Waals surface area contributed by atoms with E-state index >= 15 is 0 Å². The van der Waals surface area contributed by atoms with E-state index in [2.05, 4.69) is 0 Å². The van der Waals surface area contributed by atoms with Crippen molar-refractivity contribution < 1.29 is 39.4 Å². The molecule has 29 heavy (non-hydrogen) atoms. The molecule has 2 rings (SSSR count). The zero-order valence-electron chi connectivity index (χ0n) is 16.1. The first-order valence-electron chi connectivity index (χ1n) is 9.24. The minimum Gasteiger partial charge on any atom is -0.507 e. The summed E-state index contributed by atoms with van der Waals surface area (Å²) >= 11 is 0. The smallest absolute Gasteiger partial charge is 0.451 e. The van der Waals surface area contributed by atoms with Crippen molar-refractivity contribution in [3.63, 3.8) is 0 Å². The van der Waals surface area contributed by atoms with Gasteiger partial charge in [-0.05, 0) is 37.7 Å². The zero-order valence-corrected chi connectivity index (χ0v) is 16.1. The van der Waals surface area contributed by atoms with Gasteiger partial charge in [-0.15, -0.1) is 0 Å². The fourth-order valence-electron chi connectivity index (χ4n) is 2.94. The number of ether oxygens (including phenoxy) is 1. The van der Waals surface area contributed by atoms with E-state index in [-0.39, 0.29) is 61.7 Å². The Morgan fingerprint density at radius 2 is 1.97 bits per heavy atom. The molecule has 11 heteroatoms. The SMILES string of the molecule is CC(=O)[C@@H](N)CCC(=O)N1CC(Oc2ccc(CCB(O)O)c(O)c2C(=O)O)C1. The molecule has 0 bridgehead atoms. The molecule has 0 unspecified atom stereocenters. The van der Waals surface area contributed by atoms with E-state index < -0.39 is 36.5 Å². The largest absolute Gasteiger partial charge is 0.507 e. The van der Waals surface area contributed by atoms with Crippen LogP contribution in [0.5, 0.6) is 11.5 Å². The number of nitrogens with two attached hydrogens (primary N) is 1. The molecule has 0 saturated carbocycles. The average molecular weight is 408 g/mol. The number of ketones is 1. The number of benzene rings is 1. The number of amides is 1. The van der Waals surface area contributed by atoms with Gasteiger partial charge < -0.3 is 35.6 Å². The molecule has 0 radical (unpaired) electrons. The second kappa shape index (κ2) is 9.72. The third-order valence-corrected chi connectivity index (χ3v) is 4.79. The Balaban J connectivity index is 1.96. The number of carboxylic acids is 1. The van der Waals surface area contributed by atoms with Gasteiger partial charge in [-0.1, -0.05) is 6.07 Å². The van der Waals surface area contributed by atoms with Crippen molar-refractivity contribution in [2.45, 2.75) is 44.7 Å². The van der Waals surface area contributed by atoms with E-state index in [1.165, 1.54) is 24.0 Å². The highest BCUT2D eigenvalue weighted by molar-refractivity contribution is 6.41. The van der Waals surface area contributed by atoms with Gasteiger partial charge in [-0.2, -0.15) is 0 Å². The van der Waals surface area contributed by atoms with Gasteiger partial charge in [0.25, 0.3) is 0 Å². The standard InChI is InChI=1S/C18H25BN2O8/c1-10(22)13(20)3-5-15(23)21-8-12(9-21)29-14-4-2-11(6-7-19(27)28)17(24)16(14)18(25)26/h2,4,12-13,24,27-28H,3,5-9,20H2,1H3,(H,25,26)/t13-/m0/s1. The number of Topliss-reactive ketones (excluding diaryl/α,β-unsaturated/α-hetero) is 1. The summed E-state index contributed by atoms with van der Waals surface area (Å²) in [4.78, 5) is 36.3. The third-order valence-electron chi connectivity index (χ3n) is 4.79. The molecule has 10 nitrogen and oxygen atoms in total. The van der Waals surface area contributed by atoms with Gasteiger partial charge in [0.15, 0.2) is 0 Å². The Morgan fingerprint density at radius 1 is 1.31 bits per heavy atom. The summed E-state index contributed by atoms with van der Waals surface area (Å²) in [5.74, 6) is -2.24. The molecular formula is C18H25BN2O8. The number of aromatic hydroxyl groups is 1. The number of hydrogen-bond donors (Lipinski definition) is 5. The number of nitrogens with zero attached hydrogens (tertiary/aromatic N) is 1. The van der Waals surface area contributed by atoms with Crippen LogP contribution in [0.25, 0.3) is 0 Å². The molecule has 1 aromatic rings. The van der Waals surface area contributed by atoms with Crippen molar-refractivity contribution in [2.75, 3.05) is 13.1 Å². The van der Waals surface area contributed by atoms with Gasteiger partial charge in [0.05, 0.1) is 19.1 Å². The lowest BCUT2D eigenvalue weighted by Gasteiger charge is -2.39. The number of likely N-dealkylation sites (tertiary alicyclic amines) is 1. The van der Waals surface area contributed by atoms with Crippen LogP contribution in [0.3, 0.4) is 0 Å². The second-order valence-electron chi connectivity index (χ2n) is 7.07. The molecule has 158 valence electrons. The van der Waals surface area contributed by atoms with Gasteiger partial charge in [-0.3, -0.25) is 9.59 Å². The lowest BCUT2D eigenvalue weighted by atomic mass is 9.82. The van der Waals surface area contributed by atoms with Gasteiger partial charge in [0, 0.05) is 6.42 Å². The fourth-order valence-corrected chi connectivity index (χ4v) is 2.94. The first-order chi connectivity index (χ1) is 13.6. The van der Waals surface area contributed by atoms with Crippen LogP contribution in [-0.4, -0.2) is 75.2 Å². The Labute approximate surface area is 168 Å². The van der Waals surface area contributed by atoms with Crippen LogP contribution in [0.4, 0.5) is 0 Å². The highest BCUT2D eigenvalue weighted by Crippen LogP contribution is 2.34. The molecule has 1 aliphatic rings. The van der Waals surface area contributed by atoms with E-state index in [1.54, 1.807) is 0 Å². The van der Waals surface area contributed by atoms with Gasteiger partial charge in [0.2, 0.25) is 5.91 Å². The Bertz CT molecular complexity index is 779. The molecule has 6 N–H and O–H groups in total. The number of carbonyl (C=O) groups excluding carboxylic acids is 2. The minimum absolute atomic E-state index is 0.0287. The van der Waals surface area contributed by atoms with Crippen LogP contribution in [0.15, 0.2) is 12.1 Å². The quantitative estimate of drug-likeness (QED) is 0.317. The predicted octanol–water partition coefficient (Wildman–Crippen LogP) is -0.608.